The van der Waals surface area contributed by atoms with E-state index in [-0.39, 0.29) is 40.1 Å². The van der Waals surface area contributed by atoms with Gasteiger partial charge in [0.25, 0.3) is 11.8 Å². The van der Waals surface area contributed by atoms with Crippen LogP contribution in [0.5, 0.6) is 0 Å². The van der Waals surface area contributed by atoms with E-state index in [0.29, 0.717) is 25.2 Å². The van der Waals surface area contributed by atoms with Crippen LogP contribution in [0.2, 0.25) is 0 Å². The van der Waals surface area contributed by atoms with E-state index in [9.17, 15) is 32.5 Å². The Bertz CT molecular complexity index is 1470. The standard InChI is InChI=1S/C21H30N10O8S2/c1-20(2,5-6-22)24-7-11-8-25-30(28-11)9-13-15(17(33)31(13)41(36,37)38)27-16(32)14(12-10-40-19(23)26-12)29-39-21(3-4-21)18(34)35/h8,10,13,15,24H,3-7,9,22H2,1-2H3,(H2,23,26)(H,27,32)(H,34,35)(H,36,37,38)/b29-14-. The summed E-state index contributed by atoms with van der Waals surface area (Å²) in [5, 5.41) is 28.5. The Balaban J connectivity index is 1.52. The quantitative estimate of drug-likeness (QED) is 0.0585. The number of rotatable bonds is 14. The van der Waals surface area contributed by atoms with Gasteiger partial charge in [0.05, 0.1) is 18.4 Å². The zero-order chi connectivity index (χ0) is 30.2. The van der Waals surface area contributed by atoms with Crippen molar-refractivity contribution < 1.29 is 37.3 Å². The Morgan fingerprint density at radius 1 is 1.37 bits per heavy atom. The maximum Gasteiger partial charge on any atom is 0.362 e. The summed E-state index contributed by atoms with van der Waals surface area (Å²) in [6.45, 7) is 4.44. The number of hydrogen-bond acceptors (Lipinski definition) is 14. The molecule has 1 aliphatic heterocycles. The van der Waals surface area contributed by atoms with Gasteiger partial charge in [-0.05, 0) is 26.8 Å². The lowest BCUT2D eigenvalue weighted by Crippen LogP contribution is -2.73. The maximum absolute atomic E-state index is 13.2. The number of nitrogens with two attached hydrogens (primary N) is 2. The summed E-state index contributed by atoms with van der Waals surface area (Å²) in [6, 6.07) is -2.75. The molecule has 1 saturated heterocycles. The molecule has 41 heavy (non-hydrogen) atoms. The van der Waals surface area contributed by atoms with E-state index < -0.39 is 51.5 Å². The third-order valence-electron chi connectivity index (χ3n) is 6.54. The molecular formula is C21H30N10O8S2. The molecule has 2 aromatic rings. The normalized spacial score (nSPS) is 20.4. The summed E-state index contributed by atoms with van der Waals surface area (Å²) in [6.07, 6.45) is 2.50. The lowest BCUT2D eigenvalue weighted by molar-refractivity contribution is -0.153. The summed E-state index contributed by atoms with van der Waals surface area (Å²) in [5.41, 5.74) is 9.41. The molecule has 2 aliphatic rings. The van der Waals surface area contributed by atoms with Crippen LogP contribution in [-0.2, 0) is 42.6 Å². The van der Waals surface area contributed by atoms with Crippen molar-refractivity contribution in [1.29, 1.82) is 0 Å². The Morgan fingerprint density at radius 3 is 2.63 bits per heavy atom. The molecular weight excluding hydrogens is 584 g/mol. The van der Waals surface area contributed by atoms with Crippen molar-refractivity contribution in [2.45, 2.75) is 69.4 Å². The number of oxime groups is 1. The number of aliphatic carboxylic acids is 1. The van der Waals surface area contributed by atoms with Gasteiger partial charge in [-0.25, -0.2) is 14.1 Å². The highest BCUT2D eigenvalue weighted by Gasteiger charge is 2.56. The second-order valence-corrected chi connectivity index (χ2v) is 12.4. The van der Waals surface area contributed by atoms with Gasteiger partial charge in [0.15, 0.2) is 10.8 Å². The number of nitrogens with zero attached hydrogens (tertiary/aromatic N) is 6. The number of carboxylic acids is 1. The molecule has 1 aliphatic carbocycles. The van der Waals surface area contributed by atoms with E-state index in [0.717, 1.165) is 16.1 Å². The molecule has 224 valence electrons. The number of aromatic nitrogens is 4. The first kappa shape index (κ1) is 30.2. The van der Waals surface area contributed by atoms with Crippen LogP contribution in [-0.4, -0.2) is 95.6 Å². The summed E-state index contributed by atoms with van der Waals surface area (Å²) < 4.78 is 33.7. The summed E-state index contributed by atoms with van der Waals surface area (Å²) in [7, 11) is -4.99. The van der Waals surface area contributed by atoms with Gasteiger partial charge in [0, 0.05) is 30.3 Å². The minimum absolute atomic E-state index is 0.0513. The predicted octanol–water partition coefficient (Wildman–Crippen LogP) is -1.93. The highest BCUT2D eigenvalue weighted by atomic mass is 32.2. The van der Waals surface area contributed by atoms with Gasteiger partial charge in [0.2, 0.25) is 5.60 Å². The highest BCUT2D eigenvalue weighted by molar-refractivity contribution is 7.84. The van der Waals surface area contributed by atoms with Crippen LogP contribution in [0.25, 0.3) is 0 Å². The lowest BCUT2D eigenvalue weighted by Gasteiger charge is -2.43. The van der Waals surface area contributed by atoms with Crippen LogP contribution < -0.4 is 22.1 Å². The molecule has 20 heteroatoms. The Kier molecular flexibility index (Phi) is 8.32. The number of carboxylic acid groups (broad SMARTS) is 1. The molecule has 3 heterocycles. The van der Waals surface area contributed by atoms with Crippen LogP contribution in [0.4, 0.5) is 5.13 Å². The first-order valence-corrected chi connectivity index (χ1v) is 14.6. The molecule has 1 saturated carbocycles. The number of anilines is 1. The summed E-state index contributed by atoms with van der Waals surface area (Å²) in [5.74, 6) is -3.40. The number of thiazole rings is 1. The van der Waals surface area contributed by atoms with Crippen LogP contribution in [0.1, 0.15) is 44.5 Å². The molecule has 0 aromatic carbocycles. The molecule has 4 rings (SSSR count). The molecule has 0 spiro atoms. The monoisotopic (exact) mass is 614 g/mol. The fourth-order valence-electron chi connectivity index (χ4n) is 3.99. The van der Waals surface area contributed by atoms with Crippen molar-refractivity contribution in [2.24, 2.45) is 10.9 Å². The van der Waals surface area contributed by atoms with E-state index >= 15 is 0 Å². The van der Waals surface area contributed by atoms with Gasteiger partial charge < -0.3 is 32.0 Å². The van der Waals surface area contributed by atoms with Crippen molar-refractivity contribution in [3.63, 3.8) is 0 Å². The average Bonchev–Trinajstić information content (AvgIpc) is 3.33. The highest BCUT2D eigenvalue weighted by Crippen LogP contribution is 2.40. The van der Waals surface area contributed by atoms with E-state index in [1.54, 1.807) is 0 Å². The number of hydrogen-bond donors (Lipinski definition) is 6. The SMILES string of the molecule is CC(C)(CCN)NCc1cnn(CC2C(NC(=O)/C(=N\OC3(C(=O)O)CC3)c3csc(N)n3)C(=O)N2S(=O)(=O)O)n1. The average molecular weight is 615 g/mol. The van der Waals surface area contributed by atoms with E-state index in [1.165, 1.54) is 11.6 Å². The molecule has 2 aromatic heterocycles. The number of carbonyl (C=O) groups excluding carboxylic acids is 2. The molecule has 8 N–H and O–H groups in total. The zero-order valence-corrected chi connectivity index (χ0v) is 23.7. The molecule has 18 nitrogen and oxygen atoms in total. The van der Waals surface area contributed by atoms with Gasteiger partial charge in [-0.15, -0.1) is 11.3 Å². The predicted molar refractivity (Wildman–Crippen MR) is 142 cm³/mol. The van der Waals surface area contributed by atoms with Crippen LogP contribution in [0, 0.1) is 0 Å². The van der Waals surface area contributed by atoms with Gasteiger partial charge in [-0.3, -0.25) is 14.1 Å². The molecule has 2 unspecified atom stereocenters. The minimum Gasteiger partial charge on any atom is -0.478 e. The van der Waals surface area contributed by atoms with Crippen LogP contribution in [0.3, 0.4) is 0 Å². The minimum atomic E-state index is -4.99. The number of nitrogens with one attached hydrogen (secondary N) is 2. The number of amides is 2. The third kappa shape index (κ3) is 6.78. The number of carbonyl (C=O) groups is 3. The number of nitrogen functional groups attached to an aromatic ring is 1. The van der Waals surface area contributed by atoms with Gasteiger partial charge in [0.1, 0.15) is 17.8 Å². The topological polar surface area (TPSA) is 270 Å². The Labute approximate surface area is 238 Å². The molecule has 0 bridgehead atoms. The molecule has 2 atom stereocenters. The van der Waals surface area contributed by atoms with Gasteiger partial charge in [-0.2, -0.15) is 23.4 Å². The van der Waals surface area contributed by atoms with Crippen molar-refractivity contribution in [3.05, 3.63) is 23.0 Å². The number of β-lactam (4-membered cyclic amide) rings is 1. The summed E-state index contributed by atoms with van der Waals surface area (Å²) >= 11 is 0.976. The largest absolute Gasteiger partial charge is 0.478 e. The summed E-state index contributed by atoms with van der Waals surface area (Å²) in [4.78, 5) is 47.7. The van der Waals surface area contributed by atoms with E-state index in [2.05, 4.69) is 31.0 Å². The zero-order valence-electron chi connectivity index (χ0n) is 22.1. The maximum atomic E-state index is 13.2. The molecule has 0 radical (unpaired) electrons. The first-order chi connectivity index (χ1) is 19.2. The van der Waals surface area contributed by atoms with Crippen LogP contribution in [0.15, 0.2) is 16.7 Å². The molecule has 2 fully saturated rings. The van der Waals surface area contributed by atoms with Crippen molar-refractivity contribution in [2.75, 3.05) is 12.3 Å². The van der Waals surface area contributed by atoms with Crippen molar-refractivity contribution >= 4 is 50.3 Å². The van der Waals surface area contributed by atoms with E-state index in [1.807, 2.05) is 13.8 Å². The fraction of sp³-hybridized carbons (Fsp3) is 0.571. The first-order valence-electron chi connectivity index (χ1n) is 12.3. The smallest absolute Gasteiger partial charge is 0.362 e. The van der Waals surface area contributed by atoms with Gasteiger partial charge in [-0.1, -0.05) is 5.16 Å². The third-order valence-corrected chi connectivity index (χ3v) is 8.16. The second kappa shape index (κ2) is 11.3. The van der Waals surface area contributed by atoms with Crippen molar-refractivity contribution in [3.8, 4) is 0 Å². The Hall–Kier alpha value is -3.72. The van der Waals surface area contributed by atoms with Crippen molar-refractivity contribution in [1.82, 2.24) is 34.9 Å². The van der Waals surface area contributed by atoms with Crippen LogP contribution >= 0.6 is 11.3 Å². The van der Waals surface area contributed by atoms with Gasteiger partial charge >= 0.3 is 16.3 Å². The second-order valence-electron chi connectivity index (χ2n) is 10.2. The molecule has 2 amide bonds. The Morgan fingerprint density at radius 2 is 2.07 bits per heavy atom. The fourth-order valence-corrected chi connectivity index (χ4v) is 5.41. The van der Waals surface area contributed by atoms with E-state index in [4.69, 9.17) is 16.3 Å². The lowest BCUT2D eigenvalue weighted by atomic mass is 9.98.